The highest BCUT2D eigenvalue weighted by atomic mass is 16.2. The van der Waals surface area contributed by atoms with E-state index in [-0.39, 0.29) is 17.9 Å². The fourth-order valence-electron chi connectivity index (χ4n) is 2.37. The molecular weight excluding hydrogens is 328 g/mol. The zero-order valence-electron chi connectivity index (χ0n) is 15.2. The number of anilines is 1. The van der Waals surface area contributed by atoms with Gasteiger partial charge in [-0.05, 0) is 42.2 Å². The van der Waals surface area contributed by atoms with Crippen LogP contribution in [0.15, 0.2) is 48.8 Å². The van der Waals surface area contributed by atoms with Gasteiger partial charge in [-0.25, -0.2) is 0 Å². The van der Waals surface area contributed by atoms with Crippen molar-refractivity contribution in [2.24, 2.45) is 11.7 Å². The summed E-state index contributed by atoms with van der Waals surface area (Å²) in [6, 6.07) is 10.2. The van der Waals surface area contributed by atoms with Gasteiger partial charge in [0.15, 0.2) is 0 Å². The number of carbonyl (C=O) groups excluding carboxylic acids is 2. The van der Waals surface area contributed by atoms with Crippen LogP contribution in [0, 0.1) is 5.92 Å². The highest BCUT2D eigenvalue weighted by molar-refractivity contribution is 6.04. The van der Waals surface area contributed by atoms with Crippen molar-refractivity contribution in [1.82, 2.24) is 10.3 Å². The number of benzene rings is 1. The summed E-state index contributed by atoms with van der Waals surface area (Å²) in [6.07, 6.45) is 4.61. The summed E-state index contributed by atoms with van der Waals surface area (Å²) in [7, 11) is 0. The van der Waals surface area contributed by atoms with Crippen LogP contribution in [0.3, 0.4) is 0 Å². The monoisotopic (exact) mass is 354 g/mol. The van der Waals surface area contributed by atoms with Crippen molar-refractivity contribution >= 4 is 17.5 Å². The van der Waals surface area contributed by atoms with Gasteiger partial charge in [0.1, 0.15) is 0 Å². The Morgan fingerprint density at radius 2 is 1.73 bits per heavy atom. The fraction of sp³-hybridized carbons (Fsp3) is 0.350. The number of nitrogens with two attached hydrogens (primary N) is 1. The summed E-state index contributed by atoms with van der Waals surface area (Å²) in [5, 5.41) is 5.66. The molecule has 1 aromatic carbocycles. The van der Waals surface area contributed by atoms with Crippen LogP contribution in [-0.4, -0.2) is 23.3 Å². The lowest BCUT2D eigenvalue weighted by Gasteiger charge is -2.14. The molecule has 0 spiro atoms. The molecule has 6 nitrogen and oxygen atoms in total. The third-order valence-corrected chi connectivity index (χ3v) is 4.01. The third-order valence-electron chi connectivity index (χ3n) is 4.01. The second kappa shape index (κ2) is 9.68. The molecule has 2 rings (SSSR count). The van der Waals surface area contributed by atoms with Crippen molar-refractivity contribution in [2.45, 2.75) is 32.7 Å². The number of pyridine rings is 1. The van der Waals surface area contributed by atoms with E-state index in [1.807, 2.05) is 12.1 Å². The van der Waals surface area contributed by atoms with Gasteiger partial charge in [-0.1, -0.05) is 26.0 Å². The highest BCUT2D eigenvalue weighted by Crippen LogP contribution is 2.13. The van der Waals surface area contributed by atoms with Gasteiger partial charge in [-0.15, -0.1) is 0 Å². The molecule has 0 radical (unpaired) electrons. The Labute approximate surface area is 154 Å². The minimum Gasteiger partial charge on any atom is -0.354 e. The molecule has 26 heavy (non-hydrogen) atoms. The lowest BCUT2D eigenvalue weighted by atomic mass is 10.0. The predicted octanol–water partition coefficient (Wildman–Crippen LogP) is 2.89. The van der Waals surface area contributed by atoms with Crippen LogP contribution < -0.4 is 16.4 Å². The Bertz CT molecular complexity index is 714. The number of nitrogens with one attached hydrogen (secondary N) is 2. The molecular formula is C20H26N4O2. The molecule has 0 bridgehead atoms. The van der Waals surface area contributed by atoms with Crippen molar-refractivity contribution in [1.29, 1.82) is 0 Å². The van der Waals surface area contributed by atoms with E-state index in [0.29, 0.717) is 30.1 Å². The standard InChI is InChI=1S/C20H26N4O2/c1-14(2)3-8-19(25)23-13-18(21)15-4-6-16(7-5-15)20(26)24-17-9-11-22-12-10-17/h4-7,9-12,14,18H,3,8,13,21H2,1-2H3,(H,23,25)(H,22,24,26). The van der Waals surface area contributed by atoms with Gasteiger partial charge in [0.25, 0.3) is 5.91 Å². The fourth-order valence-corrected chi connectivity index (χ4v) is 2.37. The molecule has 0 saturated carbocycles. The molecule has 1 atom stereocenters. The van der Waals surface area contributed by atoms with Gasteiger partial charge in [-0.2, -0.15) is 0 Å². The average molecular weight is 354 g/mol. The van der Waals surface area contributed by atoms with Gasteiger partial charge in [0.05, 0.1) is 0 Å². The summed E-state index contributed by atoms with van der Waals surface area (Å²) in [6.45, 7) is 4.55. The van der Waals surface area contributed by atoms with Crippen LogP contribution in [0.1, 0.15) is 48.7 Å². The van der Waals surface area contributed by atoms with Crippen LogP contribution >= 0.6 is 0 Å². The Morgan fingerprint density at radius 3 is 2.35 bits per heavy atom. The zero-order chi connectivity index (χ0) is 18.9. The van der Waals surface area contributed by atoms with Crippen LogP contribution in [0.2, 0.25) is 0 Å². The molecule has 138 valence electrons. The molecule has 0 saturated heterocycles. The number of hydrogen-bond acceptors (Lipinski definition) is 4. The third kappa shape index (κ3) is 6.29. The highest BCUT2D eigenvalue weighted by Gasteiger charge is 2.11. The van der Waals surface area contributed by atoms with E-state index < -0.39 is 0 Å². The maximum absolute atomic E-state index is 12.2. The topological polar surface area (TPSA) is 97.1 Å². The first-order chi connectivity index (χ1) is 12.5. The maximum atomic E-state index is 12.2. The number of carbonyl (C=O) groups is 2. The maximum Gasteiger partial charge on any atom is 0.255 e. The van der Waals surface area contributed by atoms with Gasteiger partial charge in [0, 0.05) is 42.7 Å². The molecule has 4 N–H and O–H groups in total. The molecule has 2 amide bonds. The minimum absolute atomic E-state index is 0.0162. The van der Waals surface area contributed by atoms with Crippen LogP contribution in [0.4, 0.5) is 5.69 Å². The Kier molecular flexibility index (Phi) is 7.29. The van der Waals surface area contributed by atoms with Crippen molar-refractivity contribution in [2.75, 3.05) is 11.9 Å². The first-order valence-electron chi connectivity index (χ1n) is 8.79. The smallest absolute Gasteiger partial charge is 0.255 e. The summed E-state index contributed by atoms with van der Waals surface area (Å²) >= 11 is 0. The molecule has 0 fully saturated rings. The predicted molar refractivity (Wildman–Crippen MR) is 103 cm³/mol. The molecule has 1 heterocycles. The van der Waals surface area contributed by atoms with Crippen molar-refractivity contribution in [3.8, 4) is 0 Å². The average Bonchev–Trinajstić information content (AvgIpc) is 2.65. The Balaban J connectivity index is 1.86. The zero-order valence-corrected chi connectivity index (χ0v) is 15.2. The molecule has 0 aliphatic carbocycles. The van der Waals surface area contributed by atoms with Crippen molar-refractivity contribution in [3.05, 3.63) is 59.9 Å². The van der Waals surface area contributed by atoms with Gasteiger partial charge in [-0.3, -0.25) is 14.6 Å². The van der Waals surface area contributed by atoms with Gasteiger partial charge in [0.2, 0.25) is 5.91 Å². The van der Waals surface area contributed by atoms with Crippen LogP contribution in [0.5, 0.6) is 0 Å². The van der Waals surface area contributed by atoms with E-state index >= 15 is 0 Å². The number of hydrogen-bond donors (Lipinski definition) is 3. The normalized spacial score (nSPS) is 11.8. The summed E-state index contributed by atoms with van der Waals surface area (Å²) in [5.74, 6) is 0.320. The van der Waals surface area contributed by atoms with E-state index in [9.17, 15) is 9.59 Å². The lowest BCUT2D eigenvalue weighted by Crippen LogP contribution is -2.31. The molecule has 2 aromatic rings. The summed E-state index contributed by atoms with van der Waals surface area (Å²) in [5.41, 5.74) is 8.23. The van der Waals surface area contributed by atoms with Crippen molar-refractivity contribution < 1.29 is 9.59 Å². The largest absolute Gasteiger partial charge is 0.354 e. The first kappa shape index (κ1) is 19.6. The minimum atomic E-state index is -0.310. The molecule has 0 aliphatic rings. The number of aromatic nitrogens is 1. The van der Waals surface area contributed by atoms with E-state index in [0.717, 1.165) is 12.0 Å². The molecule has 1 aromatic heterocycles. The molecule has 0 aliphatic heterocycles. The number of rotatable bonds is 8. The second-order valence-corrected chi connectivity index (χ2v) is 6.66. The summed E-state index contributed by atoms with van der Waals surface area (Å²) < 4.78 is 0. The summed E-state index contributed by atoms with van der Waals surface area (Å²) in [4.78, 5) is 27.9. The van der Waals surface area contributed by atoms with E-state index in [4.69, 9.17) is 5.73 Å². The lowest BCUT2D eigenvalue weighted by molar-refractivity contribution is -0.121. The number of amides is 2. The molecule has 6 heteroatoms. The van der Waals surface area contributed by atoms with Crippen molar-refractivity contribution in [3.63, 3.8) is 0 Å². The quantitative estimate of drug-likeness (QED) is 0.679. The van der Waals surface area contributed by atoms with Gasteiger partial charge >= 0.3 is 0 Å². The van der Waals surface area contributed by atoms with E-state index in [1.165, 1.54) is 0 Å². The Hall–Kier alpha value is -2.73. The van der Waals surface area contributed by atoms with Crippen LogP contribution in [-0.2, 0) is 4.79 Å². The van der Waals surface area contributed by atoms with Gasteiger partial charge < -0.3 is 16.4 Å². The molecule has 1 unspecified atom stereocenters. The van der Waals surface area contributed by atoms with E-state index in [1.54, 1.807) is 36.7 Å². The Morgan fingerprint density at radius 1 is 1.08 bits per heavy atom. The first-order valence-corrected chi connectivity index (χ1v) is 8.79. The van der Waals surface area contributed by atoms with Crippen LogP contribution in [0.25, 0.3) is 0 Å². The SMILES string of the molecule is CC(C)CCC(=O)NCC(N)c1ccc(C(=O)Nc2ccncc2)cc1. The number of nitrogens with zero attached hydrogens (tertiary/aromatic N) is 1. The second-order valence-electron chi connectivity index (χ2n) is 6.66. The van der Waals surface area contributed by atoms with E-state index in [2.05, 4.69) is 29.5 Å².